The van der Waals surface area contributed by atoms with E-state index in [0.717, 1.165) is 47.6 Å². The molecule has 1 aliphatic carbocycles. The summed E-state index contributed by atoms with van der Waals surface area (Å²) in [6.07, 6.45) is 3.13. The predicted octanol–water partition coefficient (Wildman–Crippen LogP) is 4.06. The summed E-state index contributed by atoms with van der Waals surface area (Å²) in [6, 6.07) is 18.2. The number of nitrogens with two attached hydrogens (primary N) is 1. The van der Waals surface area contributed by atoms with Crippen molar-refractivity contribution in [2.45, 2.75) is 24.8 Å². The molecule has 2 aromatic carbocycles. The van der Waals surface area contributed by atoms with E-state index >= 15 is 0 Å². The lowest BCUT2D eigenvalue weighted by Gasteiger charge is -2.43. The van der Waals surface area contributed by atoms with Gasteiger partial charge in [-0.25, -0.2) is 4.39 Å². The molecule has 1 heterocycles. The lowest BCUT2D eigenvalue weighted by atomic mass is 9.72. The predicted molar refractivity (Wildman–Crippen MR) is 101 cm³/mol. The highest BCUT2D eigenvalue weighted by molar-refractivity contribution is 5.63. The van der Waals surface area contributed by atoms with E-state index in [1.165, 1.54) is 12.1 Å². The second-order valence-electron chi connectivity index (χ2n) is 6.59. The van der Waals surface area contributed by atoms with E-state index in [0.29, 0.717) is 0 Å². The number of nitrogen functional groups attached to an aromatic ring is 1. The molecule has 0 radical (unpaired) electrons. The fourth-order valence-corrected chi connectivity index (χ4v) is 3.32. The molecule has 4 rings (SSSR count). The molecule has 1 fully saturated rings. The number of rotatable bonds is 5. The lowest BCUT2D eigenvalue weighted by Crippen LogP contribution is -2.42. The summed E-state index contributed by atoms with van der Waals surface area (Å²) in [5.41, 5.74) is 6.11. The van der Waals surface area contributed by atoms with Crippen molar-refractivity contribution in [1.29, 1.82) is 0 Å². The maximum Gasteiger partial charge on any atom is 0.149 e. The lowest BCUT2D eigenvalue weighted by molar-refractivity contribution is 0.283. The first-order valence-electron chi connectivity index (χ1n) is 8.64. The first kappa shape index (κ1) is 16.5. The Balaban J connectivity index is 1.53. The minimum absolute atomic E-state index is 0.182. The van der Waals surface area contributed by atoms with Gasteiger partial charge in [0.15, 0.2) is 0 Å². The van der Waals surface area contributed by atoms with E-state index in [4.69, 9.17) is 5.84 Å². The molecular formula is C20H20FN5. The van der Waals surface area contributed by atoms with Crippen molar-refractivity contribution >= 4 is 11.5 Å². The maximum absolute atomic E-state index is 13.2. The van der Waals surface area contributed by atoms with E-state index in [1.807, 2.05) is 48.5 Å². The summed E-state index contributed by atoms with van der Waals surface area (Å²) in [5, 5.41) is 12.2. The van der Waals surface area contributed by atoms with Crippen molar-refractivity contribution in [2.75, 3.05) is 10.7 Å². The van der Waals surface area contributed by atoms with Gasteiger partial charge in [0.2, 0.25) is 0 Å². The Hall–Kier alpha value is -2.99. The first-order valence-corrected chi connectivity index (χ1v) is 8.64. The number of benzene rings is 2. The van der Waals surface area contributed by atoms with Gasteiger partial charge < -0.3 is 10.7 Å². The number of nitrogens with one attached hydrogen (secondary N) is 2. The van der Waals surface area contributed by atoms with Crippen LogP contribution >= 0.6 is 0 Å². The maximum atomic E-state index is 13.2. The molecule has 0 spiro atoms. The smallest absolute Gasteiger partial charge is 0.149 e. The van der Waals surface area contributed by atoms with Crippen LogP contribution in [0.3, 0.4) is 0 Å². The fraction of sp³-hybridized carbons (Fsp3) is 0.200. The number of halogens is 1. The summed E-state index contributed by atoms with van der Waals surface area (Å²) in [7, 11) is 0. The summed E-state index contributed by atoms with van der Waals surface area (Å²) in [6.45, 7) is 0. The van der Waals surface area contributed by atoms with Crippen molar-refractivity contribution in [2.24, 2.45) is 5.84 Å². The quantitative estimate of drug-likeness (QED) is 0.478. The van der Waals surface area contributed by atoms with Gasteiger partial charge in [-0.1, -0.05) is 24.3 Å². The Morgan fingerprint density at radius 1 is 0.885 bits per heavy atom. The third-order valence-electron chi connectivity index (χ3n) is 4.98. The Morgan fingerprint density at radius 2 is 1.62 bits per heavy atom. The van der Waals surface area contributed by atoms with Crippen molar-refractivity contribution in [1.82, 2.24) is 10.2 Å². The number of hydrazine groups is 1. The second kappa shape index (κ2) is 6.72. The summed E-state index contributed by atoms with van der Waals surface area (Å²) in [4.78, 5) is 0. The molecule has 5 nitrogen and oxygen atoms in total. The van der Waals surface area contributed by atoms with E-state index in [1.54, 1.807) is 0 Å². The standard InChI is InChI=1S/C20H20FN5/c21-16-6-4-15(5-7-16)20(12-1-13-20)23-19-11-10-18(25-26-19)14-2-8-17(24-22)9-3-14/h2-11,24H,1,12-13,22H2,(H,23,26). The van der Waals surface area contributed by atoms with Crippen LogP contribution in [-0.4, -0.2) is 10.2 Å². The third-order valence-corrected chi connectivity index (χ3v) is 4.98. The monoisotopic (exact) mass is 349 g/mol. The highest BCUT2D eigenvalue weighted by Crippen LogP contribution is 2.43. The van der Waals surface area contributed by atoms with Crippen LogP contribution in [0.4, 0.5) is 15.9 Å². The van der Waals surface area contributed by atoms with Gasteiger partial charge in [-0.3, -0.25) is 5.84 Å². The zero-order chi connectivity index (χ0) is 18.0. The van der Waals surface area contributed by atoms with Crippen LogP contribution in [0.1, 0.15) is 24.8 Å². The number of anilines is 2. The molecule has 4 N–H and O–H groups in total. The van der Waals surface area contributed by atoms with Gasteiger partial charge in [0, 0.05) is 11.3 Å². The van der Waals surface area contributed by atoms with Crippen molar-refractivity contribution in [3.63, 3.8) is 0 Å². The van der Waals surface area contributed by atoms with Gasteiger partial charge >= 0.3 is 0 Å². The molecule has 0 bridgehead atoms. The van der Waals surface area contributed by atoms with Gasteiger partial charge in [-0.05, 0) is 61.2 Å². The van der Waals surface area contributed by atoms with Gasteiger partial charge in [-0.15, -0.1) is 10.2 Å². The van der Waals surface area contributed by atoms with Gasteiger partial charge in [0.25, 0.3) is 0 Å². The van der Waals surface area contributed by atoms with E-state index in [-0.39, 0.29) is 11.4 Å². The molecule has 0 aliphatic heterocycles. The van der Waals surface area contributed by atoms with Crippen LogP contribution in [0.15, 0.2) is 60.7 Å². The van der Waals surface area contributed by atoms with Crippen LogP contribution in [-0.2, 0) is 5.54 Å². The van der Waals surface area contributed by atoms with E-state index in [9.17, 15) is 4.39 Å². The first-order chi connectivity index (χ1) is 12.7. The van der Waals surface area contributed by atoms with Crippen LogP contribution in [0, 0.1) is 5.82 Å². The topological polar surface area (TPSA) is 75.9 Å². The molecule has 3 aromatic rings. The molecular weight excluding hydrogens is 329 g/mol. The molecule has 0 saturated heterocycles. The van der Waals surface area contributed by atoms with Gasteiger partial charge in [0.05, 0.1) is 11.2 Å². The minimum Gasteiger partial charge on any atom is -0.359 e. The Kier molecular flexibility index (Phi) is 4.26. The number of nitrogens with zero attached hydrogens (tertiary/aromatic N) is 2. The summed E-state index contributed by atoms with van der Waals surface area (Å²) in [5.74, 6) is 5.89. The average Bonchev–Trinajstić information content (AvgIpc) is 2.66. The van der Waals surface area contributed by atoms with Crippen molar-refractivity contribution in [3.8, 4) is 11.3 Å². The molecule has 0 atom stereocenters. The SMILES string of the molecule is NNc1ccc(-c2ccc(NC3(c4ccc(F)cc4)CCC3)nn2)cc1. The number of aromatic nitrogens is 2. The highest BCUT2D eigenvalue weighted by Gasteiger charge is 2.39. The van der Waals surface area contributed by atoms with Crippen LogP contribution in [0.2, 0.25) is 0 Å². The Labute approximate surface area is 151 Å². The van der Waals surface area contributed by atoms with Gasteiger partial charge in [0.1, 0.15) is 11.6 Å². The van der Waals surface area contributed by atoms with Crippen molar-refractivity contribution in [3.05, 3.63) is 72.0 Å². The van der Waals surface area contributed by atoms with Gasteiger partial charge in [-0.2, -0.15) is 0 Å². The molecule has 1 aliphatic rings. The Bertz CT molecular complexity index is 872. The molecule has 6 heteroatoms. The minimum atomic E-state index is -0.219. The van der Waals surface area contributed by atoms with E-state index < -0.39 is 0 Å². The zero-order valence-electron chi connectivity index (χ0n) is 14.2. The molecule has 1 aromatic heterocycles. The normalized spacial score (nSPS) is 15.2. The van der Waals surface area contributed by atoms with E-state index in [2.05, 4.69) is 20.9 Å². The largest absolute Gasteiger partial charge is 0.359 e. The third kappa shape index (κ3) is 3.11. The number of hydrogen-bond donors (Lipinski definition) is 3. The molecule has 0 amide bonds. The van der Waals surface area contributed by atoms with Crippen LogP contribution in [0.25, 0.3) is 11.3 Å². The summed E-state index contributed by atoms with van der Waals surface area (Å²) < 4.78 is 13.2. The average molecular weight is 349 g/mol. The highest BCUT2D eigenvalue weighted by atomic mass is 19.1. The molecule has 132 valence electrons. The molecule has 0 unspecified atom stereocenters. The molecule has 1 saturated carbocycles. The fourth-order valence-electron chi connectivity index (χ4n) is 3.32. The number of hydrogen-bond acceptors (Lipinski definition) is 5. The molecule has 26 heavy (non-hydrogen) atoms. The van der Waals surface area contributed by atoms with Crippen LogP contribution < -0.4 is 16.6 Å². The zero-order valence-corrected chi connectivity index (χ0v) is 14.2. The Morgan fingerprint density at radius 3 is 2.15 bits per heavy atom. The van der Waals surface area contributed by atoms with Crippen molar-refractivity contribution < 1.29 is 4.39 Å². The van der Waals surface area contributed by atoms with Crippen LogP contribution in [0.5, 0.6) is 0 Å². The summed E-state index contributed by atoms with van der Waals surface area (Å²) >= 11 is 0. The second-order valence-corrected chi connectivity index (χ2v) is 6.59.